The van der Waals surface area contributed by atoms with E-state index in [4.69, 9.17) is 11.6 Å². The third-order valence-electron chi connectivity index (χ3n) is 3.61. The second-order valence-corrected chi connectivity index (χ2v) is 6.00. The predicted octanol–water partition coefficient (Wildman–Crippen LogP) is 4.68. The van der Waals surface area contributed by atoms with E-state index in [1.165, 1.54) is 18.4 Å². The smallest absolute Gasteiger partial charge is 0.0406 e. The molecule has 2 unspecified atom stereocenters. The van der Waals surface area contributed by atoms with Gasteiger partial charge in [0.1, 0.15) is 0 Å². The van der Waals surface area contributed by atoms with Gasteiger partial charge in [-0.2, -0.15) is 12.6 Å². The molecule has 18 heavy (non-hydrogen) atoms. The van der Waals surface area contributed by atoms with Crippen LogP contribution >= 0.6 is 24.2 Å². The molecular formula is C15H24ClNS. The number of benzene rings is 1. The first kappa shape index (κ1) is 15.9. The first-order valence-electron chi connectivity index (χ1n) is 6.61. The van der Waals surface area contributed by atoms with Crippen LogP contribution in [0.1, 0.15) is 38.3 Å². The zero-order valence-electron chi connectivity index (χ0n) is 11.6. The molecule has 2 atom stereocenters. The number of nitrogens with zero attached hydrogens (tertiary/aromatic N) is 1. The molecule has 102 valence electrons. The summed E-state index contributed by atoms with van der Waals surface area (Å²) in [6.45, 7) is 5.67. The molecule has 0 aliphatic carbocycles. The summed E-state index contributed by atoms with van der Waals surface area (Å²) in [5.41, 5.74) is 1.32. The molecule has 0 saturated carbocycles. The van der Waals surface area contributed by atoms with Crippen molar-refractivity contribution in [1.29, 1.82) is 0 Å². The Hall–Kier alpha value is -0.180. The van der Waals surface area contributed by atoms with Gasteiger partial charge in [0.15, 0.2) is 0 Å². The summed E-state index contributed by atoms with van der Waals surface area (Å²) in [6.07, 6.45) is 2.43. The first-order chi connectivity index (χ1) is 8.54. The summed E-state index contributed by atoms with van der Waals surface area (Å²) in [7, 11) is 2.19. The topological polar surface area (TPSA) is 3.24 Å². The third kappa shape index (κ3) is 5.21. The summed E-state index contributed by atoms with van der Waals surface area (Å²) in [5, 5.41) is 0.802. The van der Waals surface area contributed by atoms with Gasteiger partial charge in [-0.3, -0.25) is 4.90 Å². The lowest BCUT2D eigenvalue weighted by Gasteiger charge is -2.26. The van der Waals surface area contributed by atoms with Crippen LogP contribution in [0.25, 0.3) is 0 Å². The van der Waals surface area contributed by atoms with Gasteiger partial charge in [0.05, 0.1) is 0 Å². The number of hydrogen-bond donors (Lipinski definition) is 1. The van der Waals surface area contributed by atoms with Gasteiger partial charge in [0.2, 0.25) is 0 Å². The van der Waals surface area contributed by atoms with Gasteiger partial charge < -0.3 is 0 Å². The molecule has 0 spiro atoms. The Kier molecular flexibility index (Phi) is 7.13. The highest BCUT2D eigenvalue weighted by Gasteiger charge is 2.12. The summed E-state index contributed by atoms with van der Waals surface area (Å²) in [4.78, 5) is 2.40. The Morgan fingerprint density at radius 2 is 1.78 bits per heavy atom. The molecule has 0 bridgehead atoms. The molecule has 3 heteroatoms. The van der Waals surface area contributed by atoms with Crippen LogP contribution in [0, 0.1) is 5.92 Å². The number of halogens is 1. The van der Waals surface area contributed by atoms with Crippen molar-refractivity contribution in [1.82, 2.24) is 4.90 Å². The molecule has 0 saturated heterocycles. The molecule has 0 heterocycles. The summed E-state index contributed by atoms with van der Waals surface area (Å²) < 4.78 is 0. The van der Waals surface area contributed by atoms with Crippen molar-refractivity contribution in [2.45, 2.75) is 32.7 Å². The van der Waals surface area contributed by atoms with Gasteiger partial charge >= 0.3 is 0 Å². The van der Waals surface area contributed by atoms with Gasteiger partial charge in [-0.1, -0.05) is 30.7 Å². The van der Waals surface area contributed by atoms with Gasteiger partial charge in [0, 0.05) is 11.1 Å². The summed E-state index contributed by atoms with van der Waals surface area (Å²) in [6, 6.07) is 8.59. The third-order valence-corrected chi connectivity index (χ3v) is 4.12. The average molecular weight is 286 g/mol. The SMILES string of the molecule is CC(CCS)CCN(C)C(C)c1ccc(Cl)cc1. The second kappa shape index (κ2) is 8.08. The molecule has 1 nitrogen and oxygen atoms in total. The lowest BCUT2D eigenvalue weighted by atomic mass is 10.0. The van der Waals surface area contributed by atoms with E-state index < -0.39 is 0 Å². The number of hydrogen-bond acceptors (Lipinski definition) is 2. The van der Waals surface area contributed by atoms with Gasteiger partial charge in [-0.15, -0.1) is 0 Å². The van der Waals surface area contributed by atoms with Crippen molar-refractivity contribution in [3.05, 3.63) is 34.9 Å². The van der Waals surface area contributed by atoms with Crippen LogP contribution in [0.15, 0.2) is 24.3 Å². The highest BCUT2D eigenvalue weighted by atomic mass is 35.5. The van der Waals surface area contributed by atoms with Crippen molar-refractivity contribution in [2.24, 2.45) is 5.92 Å². The molecule has 1 aromatic rings. The van der Waals surface area contributed by atoms with Crippen LogP contribution in [0.2, 0.25) is 5.02 Å². The highest BCUT2D eigenvalue weighted by Crippen LogP contribution is 2.21. The van der Waals surface area contributed by atoms with E-state index in [0.29, 0.717) is 6.04 Å². The Bertz CT molecular complexity index is 339. The molecule has 0 amide bonds. The fourth-order valence-electron chi connectivity index (χ4n) is 1.98. The molecule has 0 aliphatic rings. The fourth-order valence-corrected chi connectivity index (χ4v) is 2.54. The number of thiol groups is 1. The quantitative estimate of drug-likeness (QED) is 0.712. The van der Waals surface area contributed by atoms with Gasteiger partial charge in [-0.25, -0.2) is 0 Å². The Morgan fingerprint density at radius 3 is 2.33 bits per heavy atom. The minimum absolute atomic E-state index is 0.436. The van der Waals surface area contributed by atoms with E-state index in [-0.39, 0.29) is 0 Å². The Labute approximate surface area is 122 Å². The van der Waals surface area contributed by atoms with Crippen LogP contribution in [0.5, 0.6) is 0 Å². The largest absolute Gasteiger partial charge is 0.300 e. The maximum absolute atomic E-state index is 5.91. The second-order valence-electron chi connectivity index (χ2n) is 5.11. The van der Waals surface area contributed by atoms with E-state index in [1.54, 1.807) is 0 Å². The lowest BCUT2D eigenvalue weighted by molar-refractivity contribution is 0.242. The minimum atomic E-state index is 0.436. The summed E-state index contributed by atoms with van der Waals surface area (Å²) >= 11 is 10.2. The maximum Gasteiger partial charge on any atom is 0.0406 e. The van der Waals surface area contributed by atoms with Crippen LogP contribution < -0.4 is 0 Å². The molecule has 0 fully saturated rings. The molecule has 0 N–H and O–H groups in total. The van der Waals surface area contributed by atoms with Crippen LogP contribution in [0.4, 0.5) is 0 Å². The zero-order chi connectivity index (χ0) is 13.5. The van der Waals surface area contributed by atoms with Crippen molar-refractivity contribution in [3.63, 3.8) is 0 Å². The van der Waals surface area contributed by atoms with Crippen molar-refractivity contribution >= 4 is 24.2 Å². The van der Waals surface area contributed by atoms with E-state index >= 15 is 0 Å². The molecule has 1 aromatic carbocycles. The van der Waals surface area contributed by atoms with Gasteiger partial charge in [0.25, 0.3) is 0 Å². The lowest BCUT2D eigenvalue weighted by Crippen LogP contribution is -2.24. The van der Waals surface area contributed by atoms with Crippen LogP contribution in [-0.2, 0) is 0 Å². The van der Waals surface area contributed by atoms with Crippen molar-refractivity contribution < 1.29 is 0 Å². The zero-order valence-corrected chi connectivity index (χ0v) is 13.2. The van der Waals surface area contributed by atoms with E-state index in [1.807, 2.05) is 12.1 Å². The molecule has 0 aromatic heterocycles. The summed E-state index contributed by atoms with van der Waals surface area (Å²) in [5.74, 6) is 1.74. The molecule has 0 radical (unpaired) electrons. The molecule has 0 aliphatic heterocycles. The monoisotopic (exact) mass is 285 g/mol. The average Bonchev–Trinajstić information content (AvgIpc) is 2.36. The van der Waals surface area contributed by atoms with Crippen LogP contribution in [-0.4, -0.2) is 24.2 Å². The molecule has 1 rings (SSSR count). The van der Waals surface area contributed by atoms with Gasteiger partial charge in [-0.05, 0) is 62.7 Å². The van der Waals surface area contributed by atoms with Crippen molar-refractivity contribution in [3.8, 4) is 0 Å². The number of rotatable bonds is 7. The minimum Gasteiger partial charge on any atom is -0.300 e. The fraction of sp³-hybridized carbons (Fsp3) is 0.600. The maximum atomic E-state index is 5.91. The predicted molar refractivity (Wildman–Crippen MR) is 84.7 cm³/mol. The normalized spacial score (nSPS) is 14.8. The van der Waals surface area contributed by atoms with E-state index in [2.05, 4.69) is 50.6 Å². The van der Waals surface area contributed by atoms with Crippen LogP contribution in [0.3, 0.4) is 0 Å². The first-order valence-corrected chi connectivity index (χ1v) is 7.62. The Balaban J connectivity index is 2.45. The molecular weight excluding hydrogens is 262 g/mol. The van der Waals surface area contributed by atoms with E-state index in [9.17, 15) is 0 Å². The van der Waals surface area contributed by atoms with E-state index in [0.717, 1.165) is 23.2 Å². The highest BCUT2D eigenvalue weighted by molar-refractivity contribution is 7.80. The Morgan fingerprint density at radius 1 is 1.17 bits per heavy atom. The standard InChI is InChI=1S/C15H24ClNS/c1-12(9-11-18)8-10-17(3)13(2)14-4-6-15(16)7-5-14/h4-7,12-13,18H,8-11H2,1-3H3. The van der Waals surface area contributed by atoms with Crippen molar-refractivity contribution in [2.75, 3.05) is 19.3 Å².